The molecule has 1 heterocycles. The van der Waals surface area contributed by atoms with Crippen LogP contribution in [-0.4, -0.2) is 96.0 Å². The number of piperidine rings is 1. The van der Waals surface area contributed by atoms with E-state index < -0.39 is 41.7 Å². The molecule has 1 aliphatic rings. The molecule has 0 aromatic heterocycles. The number of carbonyl (C=O) groups is 5. The second-order valence-corrected chi connectivity index (χ2v) is 15.7. The Morgan fingerprint density at radius 2 is 1.59 bits per heavy atom. The Balaban J connectivity index is 1.26. The molecule has 1 aliphatic heterocycles. The topological polar surface area (TPSA) is 176 Å². The van der Waals surface area contributed by atoms with E-state index in [-0.39, 0.29) is 37.9 Å². The number of benzene rings is 3. The SMILES string of the molecule is Cc1ccc(OCCC2CCCN(C(=O)N(C)CC[C@H](NC(=O)OC(C)(C)C)C(=O)N[C@@H](CCc3ccccc3)C(=O)O)C2)cc1CNC(=O)OCc1ccccc1. The fourth-order valence-corrected chi connectivity index (χ4v) is 6.55. The average molecular weight is 802 g/mol. The summed E-state index contributed by atoms with van der Waals surface area (Å²) in [6.45, 7) is 9.25. The van der Waals surface area contributed by atoms with E-state index in [9.17, 15) is 29.1 Å². The summed E-state index contributed by atoms with van der Waals surface area (Å²) in [5.74, 6) is -0.961. The number of rotatable bonds is 18. The van der Waals surface area contributed by atoms with Crippen molar-refractivity contribution in [1.82, 2.24) is 25.8 Å². The molecule has 14 nitrogen and oxygen atoms in total. The first-order chi connectivity index (χ1) is 27.7. The number of carboxylic acids is 1. The lowest BCUT2D eigenvalue weighted by atomic mass is 9.95. The largest absolute Gasteiger partial charge is 0.494 e. The minimum atomic E-state index is -1.19. The second-order valence-electron chi connectivity index (χ2n) is 15.7. The Morgan fingerprint density at radius 3 is 2.26 bits per heavy atom. The third kappa shape index (κ3) is 15.6. The van der Waals surface area contributed by atoms with E-state index >= 15 is 0 Å². The zero-order valence-corrected chi connectivity index (χ0v) is 34.3. The summed E-state index contributed by atoms with van der Waals surface area (Å²) in [5, 5.41) is 17.8. The van der Waals surface area contributed by atoms with Gasteiger partial charge >= 0.3 is 24.2 Å². The Morgan fingerprint density at radius 1 is 0.897 bits per heavy atom. The fourth-order valence-electron chi connectivity index (χ4n) is 6.55. The molecule has 1 fully saturated rings. The molecule has 3 aromatic carbocycles. The summed E-state index contributed by atoms with van der Waals surface area (Å²) >= 11 is 0. The Kier molecular flexibility index (Phi) is 17.2. The van der Waals surface area contributed by atoms with Crippen molar-refractivity contribution in [2.45, 2.75) is 97.1 Å². The lowest BCUT2D eigenvalue weighted by Crippen LogP contribution is -2.54. The van der Waals surface area contributed by atoms with Gasteiger partial charge in [-0.1, -0.05) is 66.7 Å². The van der Waals surface area contributed by atoms with E-state index in [1.807, 2.05) is 85.8 Å². The van der Waals surface area contributed by atoms with Crippen LogP contribution in [0.1, 0.15) is 75.1 Å². The van der Waals surface area contributed by atoms with Crippen LogP contribution < -0.4 is 20.7 Å². The Labute approximate surface area is 341 Å². The smallest absolute Gasteiger partial charge is 0.408 e. The van der Waals surface area contributed by atoms with Gasteiger partial charge in [0.25, 0.3) is 0 Å². The molecule has 4 rings (SSSR count). The monoisotopic (exact) mass is 801 g/mol. The third-order valence-corrected chi connectivity index (χ3v) is 9.81. The quantitative estimate of drug-likeness (QED) is 0.113. The van der Waals surface area contributed by atoms with Crippen molar-refractivity contribution in [3.8, 4) is 5.75 Å². The zero-order chi connectivity index (χ0) is 42.1. The van der Waals surface area contributed by atoms with Gasteiger partial charge in [-0.15, -0.1) is 0 Å². The van der Waals surface area contributed by atoms with Crippen molar-refractivity contribution in [3.63, 3.8) is 0 Å². The molecule has 3 aromatic rings. The van der Waals surface area contributed by atoms with Crippen molar-refractivity contribution in [1.29, 1.82) is 0 Å². The van der Waals surface area contributed by atoms with Crippen LogP contribution in [0, 0.1) is 12.8 Å². The standard InChI is InChI=1S/C44H59N5O9/c1-31-18-20-36(27-35(31)28-45-41(53)57-30-34-15-10-7-11-16-34)56-26-23-33-17-12-24-49(29-33)43(55)48(5)25-22-37(47-42(54)58-44(2,3)4)39(50)46-38(40(51)52)21-19-32-13-8-6-9-14-32/h6-11,13-16,18,20,27,33,37-38H,12,17,19,21-26,28-30H2,1-5H3,(H,45,53)(H,46,50)(H,47,54)(H,51,52)/t33?,37-,38-/m0/s1. The number of hydrogen-bond donors (Lipinski definition) is 4. The summed E-state index contributed by atoms with van der Waals surface area (Å²) < 4.78 is 16.8. The molecular formula is C44H59N5O9. The number of nitrogens with one attached hydrogen (secondary N) is 3. The van der Waals surface area contributed by atoms with Crippen LogP contribution >= 0.6 is 0 Å². The number of amides is 5. The number of hydrogen-bond acceptors (Lipinski definition) is 8. The van der Waals surface area contributed by atoms with Crippen molar-refractivity contribution >= 4 is 30.1 Å². The third-order valence-electron chi connectivity index (χ3n) is 9.81. The van der Waals surface area contributed by atoms with Gasteiger partial charge in [0, 0.05) is 33.2 Å². The summed E-state index contributed by atoms with van der Waals surface area (Å²) in [6.07, 6.45) is 1.81. The normalized spacial score (nSPS) is 15.0. The molecule has 314 valence electrons. The predicted molar refractivity (Wildman–Crippen MR) is 219 cm³/mol. The number of ether oxygens (including phenoxy) is 3. The molecule has 3 atom stereocenters. The highest BCUT2D eigenvalue weighted by molar-refractivity contribution is 5.89. The molecule has 5 amide bonds. The lowest BCUT2D eigenvalue weighted by molar-refractivity contribution is -0.142. The van der Waals surface area contributed by atoms with E-state index in [4.69, 9.17) is 14.2 Å². The number of carbonyl (C=O) groups excluding carboxylic acids is 4. The van der Waals surface area contributed by atoms with Crippen LogP contribution in [0.5, 0.6) is 5.75 Å². The van der Waals surface area contributed by atoms with Crippen LogP contribution in [-0.2, 0) is 38.6 Å². The Bertz CT molecular complexity index is 1800. The van der Waals surface area contributed by atoms with Gasteiger partial charge in [-0.3, -0.25) is 4.79 Å². The molecule has 58 heavy (non-hydrogen) atoms. The maximum absolute atomic E-state index is 13.6. The number of aliphatic carboxylic acids is 1. The number of urea groups is 1. The maximum Gasteiger partial charge on any atom is 0.408 e. The van der Waals surface area contributed by atoms with E-state index in [0.29, 0.717) is 38.4 Å². The number of alkyl carbamates (subject to hydrolysis) is 2. The molecule has 0 radical (unpaired) electrons. The van der Waals surface area contributed by atoms with Crippen molar-refractivity contribution in [2.75, 3.05) is 33.3 Å². The lowest BCUT2D eigenvalue weighted by Gasteiger charge is -2.35. The minimum Gasteiger partial charge on any atom is -0.494 e. The van der Waals surface area contributed by atoms with Gasteiger partial charge in [0.2, 0.25) is 5.91 Å². The molecule has 0 saturated carbocycles. The Hall–Kier alpha value is -5.79. The molecule has 14 heteroatoms. The van der Waals surface area contributed by atoms with Gasteiger partial charge in [-0.05, 0) is 107 Å². The molecule has 0 bridgehead atoms. The predicted octanol–water partition coefficient (Wildman–Crippen LogP) is 6.44. The van der Waals surface area contributed by atoms with Gasteiger partial charge in [-0.2, -0.15) is 0 Å². The van der Waals surface area contributed by atoms with Gasteiger partial charge in [-0.25, -0.2) is 19.2 Å². The maximum atomic E-state index is 13.6. The van der Waals surface area contributed by atoms with Crippen LogP contribution in [0.4, 0.5) is 14.4 Å². The van der Waals surface area contributed by atoms with Crippen molar-refractivity contribution in [3.05, 3.63) is 101 Å². The van der Waals surface area contributed by atoms with Crippen LogP contribution in [0.2, 0.25) is 0 Å². The first-order valence-electron chi connectivity index (χ1n) is 19.9. The number of carboxylic acid groups (broad SMARTS) is 1. The average Bonchev–Trinajstić information content (AvgIpc) is 3.19. The first-order valence-corrected chi connectivity index (χ1v) is 19.9. The van der Waals surface area contributed by atoms with Crippen LogP contribution in [0.25, 0.3) is 0 Å². The van der Waals surface area contributed by atoms with Crippen LogP contribution in [0.15, 0.2) is 78.9 Å². The van der Waals surface area contributed by atoms with Gasteiger partial charge in [0.1, 0.15) is 30.0 Å². The van der Waals surface area contributed by atoms with E-state index in [1.165, 1.54) is 4.90 Å². The fraction of sp³-hybridized carbons (Fsp3) is 0.477. The van der Waals surface area contributed by atoms with Gasteiger partial charge in [0.05, 0.1) is 6.61 Å². The van der Waals surface area contributed by atoms with Crippen molar-refractivity contribution in [2.24, 2.45) is 5.92 Å². The van der Waals surface area contributed by atoms with E-state index in [2.05, 4.69) is 16.0 Å². The first kappa shape index (κ1) is 44.9. The zero-order valence-electron chi connectivity index (χ0n) is 34.3. The second kappa shape index (κ2) is 22.2. The van der Waals surface area contributed by atoms with Crippen molar-refractivity contribution < 1.29 is 43.3 Å². The van der Waals surface area contributed by atoms with Crippen LogP contribution in [0.3, 0.4) is 0 Å². The highest BCUT2D eigenvalue weighted by Crippen LogP contribution is 2.23. The summed E-state index contributed by atoms with van der Waals surface area (Å²) in [4.78, 5) is 67.5. The molecule has 1 saturated heterocycles. The van der Waals surface area contributed by atoms with E-state index in [0.717, 1.165) is 41.5 Å². The molecule has 1 unspecified atom stereocenters. The summed E-state index contributed by atoms with van der Waals surface area (Å²) in [7, 11) is 1.64. The highest BCUT2D eigenvalue weighted by Gasteiger charge is 2.30. The molecule has 4 N–H and O–H groups in total. The molecule has 0 spiro atoms. The number of likely N-dealkylation sites (tertiary alicyclic amines) is 1. The minimum absolute atomic E-state index is 0.0341. The van der Waals surface area contributed by atoms with Gasteiger partial charge in [0.15, 0.2) is 0 Å². The molecular weight excluding hydrogens is 743 g/mol. The summed E-state index contributed by atoms with van der Waals surface area (Å²) in [5.41, 5.74) is 2.94. The summed E-state index contributed by atoms with van der Waals surface area (Å²) in [6, 6.07) is 22.1. The molecule has 0 aliphatic carbocycles. The van der Waals surface area contributed by atoms with E-state index in [1.54, 1.807) is 32.7 Å². The van der Waals surface area contributed by atoms with Gasteiger partial charge < -0.3 is 45.1 Å². The number of nitrogens with zero attached hydrogens (tertiary/aromatic N) is 2. The number of aryl methyl sites for hydroxylation is 2. The highest BCUT2D eigenvalue weighted by atomic mass is 16.6.